The summed E-state index contributed by atoms with van der Waals surface area (Å²) in [7, 11) is -4.15. The van der Waals surface area contributed by atoms with E-state index >= 15 is 0 Å². The van der Waals surface area contributed by atoms with Crippen LogP contribution in [0.3, 0.4) is 0 Å². The number of nitrogens with zero attached hydrogens (tertiary/aromatic N) is 2. The maximum atomic E-state index is 14.1. The fourth-order valence-corrected chi connectivity index (χ4v) is 6.12. The van der Waals surface area contributed by atoms with Crippen LogP contribution in [0.15, 0.2) is 82.6 Å². The van der Waals surface area contributed by atoms with E-state index in [0.29, 0.717) is 18.0 Å². The fraction of sp³-hybridized carbons (Fsp3) is 0.375. The third kappa shape index (κ3) is 8.29. The summed E-state index contributed by atoms with van der Waals surface area (Å²) in [5.41, 5.74) is 2.15. The highest BCUT2D eigenvalue weighted by molar-refractivity contribution is 7.98. The number of aryl methyl sites for hydroxylation is 1. The van der Waals surface area contributed by atoms with Gasteiger partial charge in [-0.3, -0.25) is 13.9 Å². The Morgan fingerprint density at radius 3 is 2.17 bits per heavy atom. The molecule has 0 aromatic heterocycles. The molecule has 0 aliphatic carbocycles. The van der Waals surface area contributed by atoms with Gasteiger partial charge in [0.1, 0.15) is 18.3 Å². The van der Waals surface area contributed by atoms with Crippen LogP contribution in [0.1, 0.15) is 45.2 Å². The number of ether oxygens (including phenoxy) is 1. The molecule has 1 N–H and O–H groups in total. The molecule has 2 atom stereocenters. The number of nitrogens with one attached hydrogen (secondary N) is 1. The third-order valence-corrected chi connectivity index (χ3v) is 9.66. The molecule has 2 amide bonds. The summed E-state index contributed by atoms with van der Waals surface area (Å²) in [6.07, 6.45) is 2.65. The molecule has 0 aliphatic heterocycles. The average molecular weight is 612 g/mol. The first kappa shape index (κ1) is 33.0. The topological polar surface area (TPSA) is 96.0 Å². The molecule has 3 aromatic rings. The second kappa shape index (κ2) is 15.1. The van der Waals surface area contributed by atoms with Crippen molar-refractivity contribution < 1.29 is 22.7 Å². The number of thioether (sulfide) groups is 1. The minimum Gasteiger partial charge on any atom is -0.494 e. The highest BCUT2D eigenvalue weighted by Crippen LogP contribution is 2.28. The van der Waals surface area contributed by atoms with Gasteiger partial charge in [-0.1, -0.05) is 31.2 Å². The van der Waals surface area contributed by atoms with Crippen LogP contribution >= 0.6 is 11.8 Å². The molecule has 2 unspecified atom stereocenters. The number of sulfonamides is 1. The lowest BCUT2D eigenvalue weighted by Gasteiger charge is -2.32. The highest BCUT2D eigenvalue weighted by atomic mass is 32.2. The molecule has 3 aromatic carbocycles. The summed E-state index contributed by atoms with van der Waals surface area (Å²) < 4.78 is 34.7. The maximum Gasteiger partial charge on any atom is 0.264 e. The van der Waals surface area contributed by atoms with Gasteiger partial charge in [-0.25, -0.2) is 8.42 Å². The zero-order chi connectivity index (χ0) is 30.9. The van der Waals surface area contributed by atoms with Crippen LogP contribution in [0.2, 0.25) is 0 Å². The molecule has 0 spiro atoms. The quantitative estimate of drug-likeness (QED) is 0.237. The van der Waals surface area contributed by atoms with Crippen molar-refractivity contribution in [3.05, 3.63) is 83.9 Å². The number of amides is 2. The van der Waals surface area contributed by atoms with E-state index in [0.717, 1.165) is 26.7 Å². The van der Waals surface area contributed by atoms with Crippen molar-refractivity contribution in [1.29, 1.82) is 0 Å². The molecule has 42 heavy (non-hydrogen) atoms. The third-order valence-electron chi connectivity index (χ3n) is 7.13. The Kier molecular flexibility index (Phi) is 11.9. The van der Waals surface area contributed by atoms with Crippen LogP contribution in [0.4, 0.5) is 5.69 Å². The molecule has 226 valence electrons. The van der Waals surface area contributed by atoms with Crippen molar-refractivity contribution in [2.24, 2.45) is 0 Å². The monoisotopic (exact) mass is 611 g/mol. The molecule has 8 nitrogen and oxygen atoms in total. The summed E-state index contributed by atoms with van der Waals surface area (Å²) in [4.78, 5) is 29.8. The van der Waals surface area contributed by atoms with Crippen molar-refractivity contribution in [2.45, 2.75) is 69.5 Å². The highest BCUT2D eigenvalue weighted by Gasteiger charge is 2.33. The summed E-state index contributed by atoms with van der Waals surface area (Å²) in [5, 5.41) is 2.95. The van der Waals surface area contributed by atoms with E-state index in [9.17, 15) is 18.0 Å². The fourth-order valence-electron chi connectivity index (χ4n) is 4.30. The van der Waals surface area contributed by atoms with Crippen molar-refractivity contribution in [3.8, 4) is 5.75 Å². The van der Waals surface area contributed by atoms with Crippen molar-refractivity contribution in [2.75, 3.05) is 23.7 Å². The second-order valence-electron chi connectivity index (χ2n) is 10.1. The predicted molar refractivity (Wildman–Crippen MR) is 169 cm³/mol. The zero-order valence-electron chi connectivity index (χ0n) is 25.2. The molecule has 0 heterocycles. The molecule has 0 bridgehead atoms. The van der Waals surface area contributed by atoms with Crippen molar-refractivity contribution >= 4 is 39.3 Å². The number of anilines is 1. The van der Waals surface area contributed by atoms with Gasteiger partial charge in [-0.05, 0) is 100 Å². The predicted octanol–water partition coefficient (Wildman–Crippen LogP) is 5.64. The van der Waals surface area contributed by atoms with Crippen LogP contribution < -0.4 is 14.4 Å². The minimum atomic E-state index is -4.15. The van der Waals surface area contributed by atoms with Gasteiger partial charge in [0, 0.05) is 17.5 Å². The smallest absolute Gasteiger partial charge is 0.264 e. The van der Waals surface area contributed by atoms with Gasteiger partial charge in [0.2, 0.25) is 11.8 Å². The van der Waals surface area contributed by atoms with E-state index in [1.54, 1.807) is 55.5 Å². The Bertz CT molecular complexity index is 1440. The van der Waals surface area contributed by atoms with Gasteiger partial charge in [-0.2, -0.15) is 0 Å². The Hall–Kier alpha value is -3.50. The van der Waals surface area contributed by atoms with Crippen molar-refractivity contribution in [1.82, 2.24) is 10.2 Å². The van der Waals surface area contributed by atoms with Crippen LogP contribution in [-0.2, 0) is 26.2 Å². The van der Waals surface area contributed by atoms with E-state index in [2.05, 4.69) is 5.32 Å². The lowest BCUT2D eigenvalue weighted by molar-refractivity contribution is -0.139. The summed E-state index contributed by atoms with van der Waals surface area (Å²) in [5.74, 6) is -0.205. The molecule has 0 saturated heterocycles. The Morgan fingerprint density at radius 1 is 0.952 bits per heavy atom. The molecule has 0 fully saturated rings. The Balaban J connectivity index is 2.04. The van der Waals surface area contributed by atoms with Crippen LogP contribution in [0.5, 0.6) is 5.75 Å². The van der Waals surface area contributed by atoms with Gasteiger partial charge in [0.25, 0.3) is 10.0 Å². The number of carbonyl (C=O) groups excluding carboxylic acids is 2. The average Bonchev–Trinajstić information content (AvgIpc) is 2.99. The van der Waals surface area contributed by atoms with Gasteiger partial charge >= 0.3 is 0 Å². The lowest BCUT2D eigenvalue weighted by Crippen LogP contribution is -2.52. The maximum absolute atomic E-state index is 14.1. The molecule has 0 saturated carbocycles. The lowest BCUT2D eigenvalue weighted by atomic mass is 10.1. The zero-order valence-corrected chi connectivity index (χ0v) is 26.8. The molecule has 0 aliphatic rings. The van der Waals surface area contributed by atoms with Gasteiger partial charge < -0.3 is 15.0 Å². The Morgan fingerprint density at radius 2 is 1.60 bits per heavy atom. The minimum absolute atomic E-state index is 0.0648. The van der Waals surface area contributed by atoms with E-state index in [4.69, 9.17) is 4.74 Å². The second-order valence-corrected chi connectivity index (χ2v) is 12.8. The summed E-state index contributed by atoms with van der Waals surface area (Å²) in [6.45, 7) is 9.47. The largest absolute Gasteiger partial charge is 0.494 e. The SMILES string of the molecule is CCOc1ccc(N(CC(=O)N(Cc2ccccc2C)C(C)C(=O)NC(C)CC)S(=O)(=O)c2ccc(SC)cc2)cc1. The van der Waals surface area contributed by atoms with Crippen LogP contribution in [0.25, 0.3) is 0 Å². The summed E-state index contributed by atoms with van der Waals surface area (Å²) >= 11 is 1.51. The first-order chi connectivity index (χ1) is 20.0. The number of benzene rings is 3. The van der Waals surface area contributed by atoms with E-state index < -0.39 is 28.5 Å². The number of hydrogen-bond donors (Lipinski definition) is 1. The first-order valence-corrected chi connectivity index (χ1v) is 16.7. The molecular weight excluding hydrogens is 571 g/mol. The molecular formula is C32H41N3O5S2. The summed E-state index contributed by atoms with van der Waals surface area (Å²) in [6, 6.07) is 19.9. The standard InChI is InChI=1S/C32H41N3O5S2/c1-7-24(4)33-32(37)25(5)34(21-26-12-10-9-11-23(26)3)31(36)22-35(27-13-15-28(16-14-27)40-8-2)42(38,39)30-19-17-29(41-6)18-20-30/h9-20,24-25H,7-8,21-22H2,1-6H3,(H,33,37). The van der Waals surface area contributed by atoms with Gasteiger partial charge in [0.05, 0.1) is 17.2 Å². The molecule has 0 radical (unpaired) electrons. The van der Waals surface area contributed by atoms with Crippen LogP contribution in [-0.4, -0.2) is 56.6 Å². The van der Waals surface area contributed by atoms with Gasteiger partial charge in [-0.15, -0.1) is 11.8 Å². The Labute approximate surface area is 254 Å². The van der Waals surface area contributed by atoms with Crippen LogP contribution in [0, 0.1) is 6.92 Å². The molecule has 10 heteroatoms. The number of carbonyl (C=O) groups is 2. The van der Waals surface area contributed by atoms with Crippen molar-refractivity contribution in [3.63, 3.8) is 0 Å². The van der Waals surface area contributed by atoms with E-state index in [1.807, 2.05) is 58.2 Å². The van der Waals surface area contributed by atoms with E-state index in [1.165, 1.54) is 16.7 Å². The molecule has 3 rings (SSSR count). The normalized spacial score (nSPS) is 12.7. The first-order valence-electron chi connectivity index (χ1n) is 14.1. The van der Waals surface area contributed by atoms with E-state index in [-0.39, 0.29) is 23.4 Å². The number of rotatable bonds is 14. The number of hydrogen-bond acceptors (Lipinski definition) is 6. The van der Waals surface area contributed by atoms with Gasteiger partial charge in [0.15, 0.2) is 0 Å².